The molecule has 0 aliphatic rings. The van der Waals surface area contributed by atoms with Crippen LogP contribution in [0.15, 0.2) is 54.2 Å². The van der Waals surface area contributed by atoms with E-state index in [1.807, 2.05) is 35.7 Å². The van der Waals surface area contributed by atoms with Crippen molar-refractivity contribution in [2.75, 3.05) is 19.6 Å². The predicted molar refractivity (Wildman–Crippen MR) is 134 cm³/mol. The molecule has 4 aromatic rings. The average molecular weight is 463 g/mol. The van der Waals surface area contributed by atoms with Gasteiger partial charge in [0.15, 0.2) is 17.2 Å². The zero-order valence-electron chi connectivity index (χ0n) is 19.4. The SMILES string of the molecule is CCN(CC)CCC[C@H](C)NC(=O)c1nn(-c2ccccn2)c2nccc(-c3cccs3)c12. The molecule has 0 saturated heterocycles. The first-order chi connectivity index (χ1) is 16.1. The van der Waals surface area contributed by atoms with Crippen LogP contribution in [0.4, 0.5) is 0 Å². The van der Waals surface area contributed by atoms with Crippen LogP contribution in [0, 0.1) is 0 Å². The monoisotopic (exact) mass is 462 g/mol. The second-order valence-electron chi connectivity index (χ2n) is 8.03. The Morgan fingerprint density at radius 3 is 2.67 bits per heavy atom. The molecule has 172 valence electrons. The lowest BCUT2D eigenvalue weighted by molar-refractivity contribution is 0.0933. The number of carbonyl (C=O) groups excluding carboxylic acids is 1. The van der Waals surface area contributed by atoms with E-state index < -0.39 is 0 Å². The number of nitrogens with one attached hydrogen (secondary N) is 1. The Balaban J connectivity index is 1.66. The van der Waals surface area contributed by atoms with E-state index in [1.54, 1.807) is 28.4 Å². The molecule has 1 atom stereocenters. The molecule has 7 nitrogen and oxygen atoms in total. The van der Waals surface area contributed by atoms with Gasteiger partial charge in [-0.25, -0.2) is 9.97 Å². The van der Waals surface area contributed by atoms with Crippen molar-refractivity contribution < 1.29 is 4.79 Å². The molecule has 0 spiro atoms. The molecule has 8 heteroatoms. The fraction of sp³-hybridized carbons (Fsp3) is 0.360. The van der Waals surface area contributed by atoms with Crippen LogP contribution in [0.2, 0.25) is 0 Å². The minimum absolute atomic E-state index is 0.0463. The Hall–Kier alpha value is -3.10. The molecule has 0 unspecified atom stereocenters. The molecule has 1 N–H and O–H groups in total. The highest BCUT2D eigenvalue weighted by Crippen LogP contribution is 2.33. The summed E-state index contributed by atoms with van der Waals surface area (Å²) >= 11 is 1.63. The highest BCUT2D eigenvalue weighted by atomic mass is 32.1. The molecule has 4 heterocycles. The van der Waals surface area contributed by atoms with Crippen LogP contribution in [0.5, 0.6) is 0 Å². The van der Waals surface area contributed by atoms with Crippen molar-refractivity contribution in [3.8, 4) is 16.3 Å². The first kappa shape index (κ1) is 23.1. The molecule has 0 saturated carbocycles. The lowest BCUT2D eigenvalue weighted by Crippen LogP contribution is -2.34. The number of hydrogen-bond donors (Lipinski definition) is 1. The highest BCUT2D eigenvalue weighted by molar-refractivity contribution is 7.13. The van der Waals surface area contributed by atoms with Gasteiger partial charge in [-0.3, -0.25) is 4.79 Å². The van der Waals surface area contributed by atoms with E-state index in [0.29, 0.717) is 17.2 Å². The Kier molecular flexibility index (Phi) is 7.47. The third-order valence-electron chi connectivity index (χ3n) is 5.82. The minimum Gasteiger partial charge on any atom is -0.348 e. The Labute approximate surface area is 198 Å². The maximum absolute atomic E-state index is 13.4. The molecule has 0 fully saturated rings. The number of aromatic nitrogens is 4. The topological polar surface area (TPSA) is 75.9 Å². The number of pyridine rings is 2. The van der Waals surface area contributed by atoms with Gasteiger partial charge in [0.1, 0.15) is 0 Å². The van der Waals surface area contributed by atoms with Gasteiger partial charge in [0.05, 0.1) is 5.39 Å². The summed E-state index contributed by atoms with van der Waals surface area (Å²) in [7, 11) is 0. The van der Waals surface area contributed by atoms with Crippen LogP contribution in [0.1, 0.15) is 44.1 Å². The number of fused-ring (bicyclic) bond motifs is 1. The standard InChI is InChI=1S/C25H30N6OS/c1-4-30(5-2)16-8-10-18(3)28-25(32)23-22-19(20-11-9-17-33-20)13-15-27-24(22)31(29-23)21-12-6-7-14-26-21/h6-7,9,11-15,17-18H,4-5,8,10,16H2,1-3H3,(H,28,32)/t18-/m0/s1. The number of hydrogen-bond acceptors (Lipinski definition) is 6. The van der Waals surface area contributed by atoms with Gasteiger partial charge in [0.25, 0.3) is 5.91 Å². The van der Waals surface area contributed by atoms with Gasteiger partial charge < -0.3 is 10.2 Å². The molecule has 0 bridgehead atoms. The van der Waals surface area contributed by atoms with E-state index >= 15 is 0 Å². The number of nitrogens with zero attached hydrogens (tertiary/aromatic N) is 5. The van der Waals surface area contributed by atoms with Crippen molar-refractivity contribution in [3.05, 3.63) is 59.9 Å². The fourth-order valence-corrected chi connectivity index (χ4v) is 4.76. The molecule has 0 aromatic carbocycles. The largest absolute Gasteiger partial charge is 0.348 e. The van der Waals surface area contributed by atoms with Crippen molar-refractivity contribution in [3.63, 3.8) is 0 Å². The number of amides is 1. The molecule has 4 rings (SSSR count). The molecule has 4 aromatic heterocycles. The minimum atomic E-state index is -0.184. The Bertz CT molecular complexity index is 1180. The normalized spacial score (nSPS) is 12.4. The molecule has 0 aliphatic carbocycles. The van der Waals surface area contributed by atoms with Crippen molar-refractivity contribution in [2.24, 2.45) is 0 Å². The van der Waals surface area contributed by atoms with Crippen LogP contribution < -0.4 is 5.32 Å². The summed E-state index contributed by atoms with van der Waals surface area (Å²) in [6.07, 6.45) is 5.42. The van der Waals surface area contributed by atoms with Gasteiger partial charge in [0, 0.05) is 28.9 Å². The average Bonchev–Trinajstić information content (AvgIpc) is 3.51. The van der Waals surface area contributed by atoms with E-state index in [2.05, 4.69) is 47.0 Å². The molecule has 33 heavy (non-hydrogen) atoms. The number of rotatable bonds is 10. The van der Waals surface area contributed by atoms with Crippen LogP contribution >= 0.6 is 11.3 Å². The second-order valence-corrected chi connectivity index (χ2v) is 8.97. The summed E-state index contributed by atoms with van der Waals surface area (Å²) in [5.74, 6) is 0.445. The van der Waals surface area contributed by atoms with E-state index in [0.717, 1.165) is 48.3 Å². The number of carbonyl (C=O) groups is 1. The first-order valence-electron chi connectivity index (χ1n) is 11.5. The van der Waals surface area contributed by atoms with Gasteiger partial charge >= 0.3 is 0 Å². The summed E-state index contributed by atoms with van der Waals surface area (Å²) < 4.78 is 1.66. The van der Waals surface area contributed by atoms with Gasteiger partial charge in [-0.2, -0.15) is 9.78 Å². The Morgan fingerprint density at radius 2 is 1.97 bits per heavy atom. The molecule has 1 amide bonds. The molecular weight excluding hydrogens is 432 g/mol. The van der Waals surface area contributed by atoms with Crippen molar-refractivity contribution >= 4 is 28.3 Å². The summed E-state index contributed by atoms with van der Waals surface area (Å²) in [4.78, 5) is 25.9. The van der Waals surface area contributed by atoms with Gasteiger partial charge in [-0.15, -0.1) is 11.3 Å². The summed E-state index contributed by atoms with van der Waals surface area (Å²) in [5, 5.41) is 10.6. The van der Waals surface area contributed by atoms with Crippen molar-refractivity contribution in [1.29, 1.82) is 0 Å². The van der Waals surface area contributed by atoms with Gasteiger partial charge in [0.2, 0.25) is 0 Å². The van der Waals surface area contributed by atoms with Crippen LogP contribution in [0.25, 0.3) is 27.3 Å². The summed E-state index contributed by atoms with van der Waals surface area (Å²) in [6, 6.07) is 11.7. The van der Waals surface area contributed by atoms with Crippen LogP contribution in [-0.4, -0.2) is 56.2 Å². The van der Waals surface area contributed by atoms with E-state index in [1.165, 1.54) is 0 Å². The quantitative estimate of drug-likeness (QED) is 0.367. The maximum Gasteiger partial charge on any atom is 0.272 e. The highest BCUT2D eigenvalue weighted by Gasteiger charge is 2.24. The molecule has 0 radical (unpaired) electrons. The zero-order valence-corrected chi connectivity index (χ0v) is 20.2. The van der Waals surface area contributed by atoms with Crippen molar-refractivity contribution in [1.82, 2.24) is 30.0 Å². The van der Waals surface area contributed by atoms with Crippen LogP contribution in [-0.2, 0) is 0 Å². The maximum atomic E-state index is 13.4. The lowest BCUT2D eigenvalue weighted by Gasteiger charge is -2.19. The Morgan fingerprint density at radius 1 is 1.12 bits per heavy atom. The molecular formula is C25H30N6OS. The molecule has 0 aliphatic heterocycles. The third-order valence-corrected chi connectivity index (χ3v) is 6.72. The van der Waals surface area contributed by atoms with E-state index in [9.17, 15) is 4.79 Å². The lowest BCUT2D eigenvalue weighted by atomic mass is 10.1. The number of thiophene rings is 1. The van der Waals surface area contributed by atoms with Gasteiger partial charge in [-0.05, 0) is 69.0 Å². The van der Waals surface area contributed by atoms with Crippen molar-refractivity contribution in [2.45, 2.75) is 39.7 Å². The first-order valence-corrected chi connectivity index (χ1v) is 12.4. The fourth-order valence-electron chi connectivity index (χ4n) is 4.00. The van der Waals surface area contributed by atoms with Gasteiger partial charge in [-0.1, -0.05) is 26.0 Å². The predicted octanol–water partition coefficient (Wildman–Crippen LogP) is 4.78. The third kappa shape index (κ3) is 5.12. The second kappa shape index (κ2) is 10.7. The summed E-state index contributed by atoms with van der Waals surface area (Å²) in [5.41, 5.74) is 1.96. The zero-order chi connectivity index (χ0) is 23.2. The summed E-state index contributed by atoms with van der Waals surface area (Å²) in [6.45, 7) is 9.54. The van der Waals surface area contributed by atoms with E-state index in [-0.39, 0.29) is 11.9 Å². The van der Waals surface area contributed by atoms with Crippen LogP contribution in [0.3, 0.4) is 0 Å². The van der Waals surface area contributed by atoms with E-state index in [4.69, 9.17) is 5.10 Å². The smallest absolute Gasteiger partial charge is 0.272 e.